The molecule has 0 unspecified atom stereocenters. The average Bonchev–Trinajstić information content (AvgIpc) is 3.22. The van der Waals surface area contributed by atoms with Crippen LogP contribution in [0, 0.1) is 6.92 Å². The third kappa shape index (κ3) is 3.44. The standard InChI is InChI=1S/C21H20N4O3S/c1-13-2-4-15-19(24-14-3-5-17-18(10-14)28-12-27-17)16(11-22-20(15)23-13)21(26)25-6-8-29-9-7-25/h2-5,10-11H,6-9,12H2,1H3,(H,22,23,24). The third-order valence-electron chi connectivity index (χ3n) is 5.04. The van der Waals surface area contributed by atoms with Crippen LogP contribution in [0.15, 0.2) is 36.5 Å². The van der Waals surface area contributed by atoms with Crippen LogP contribution in [0.4, 0.5) is 11.4 Å². The molecule has 1 fully saturated rings. The zero-order valence-electron chi connectivity index (χ0n) is 16.0. The van der Waals surface area contributed by atoms with Crippen molar-refractivity contribution in [2.24, 2.45) is 0 Å². The number of carbonyl (C=O) groups is 1. The van der Waals surface area contributed by atoms with E-state index in [1.165, 1.54) is 0 Å². The number of rotatable bonds is 3. The molecule has 0 radical (unpaired) electrons. The number of hydrogen-bond acceptors (Lipinski definition) is 7. The van der Waals surface area contributed by atoms with Crippen LogP contribution in [0.25, 0.3) is 11.0 Å². The normalized spacial score (nSPS) is 15.6. The molecule has 148 valence electrons. The molecule has 1 aromatic carbocycles. The molecule has 0 saturated carbocycles. The molecule has 3 aromatic rings. The minimum absolute atomic E-state index is 0.0106. The zero-order valence-corrected chi connectivity index (χ0v) is 16.8. The summed E-state index contributed by atoms with van der Waals surface area (Å²) in [6, 6.07) is 9.54. The van der Waals surface area contributed by atoms with Gasteiger partial charge >= 0.3 is 0 Å². The quantitative estimate of drug-likeness (QED) is 0.710. The van der Waals surface area contributed by atoms with Gasteiger partial charge in [-0.3, -0.25) is 4.79 Å². The molecule has 7 nitrogen and oxygen atoms in total. The Morgan fingerprint density at radius 1 is 1.14 bits per heavy atom. The van der Waals surface area contributed by atoms with Crippen molar-refractivity contribution in [3.05, 3.63) is 47.8 Å². The SMILES string of the molecule is Cc1ccc2c(Nc3ccc4c(c3)OCO4)c(C(=O)N3CCSCC3)cnc2n1. The van der Waals surface area contributed by atoms with Gasteiger partial charge in [0.15, 0.2) is 17.1 Å². The number of thioether (sulfide) groups is 1. The van der Waals surface area contributed by atoms with E-state index in [-0.39, 0.29) is 12.7 Å². The van der Waals surface area contributed by atoms with Crippen molar-refractivity contribution in [1.29, 1.82) is 0 Å². The molecule has 29 heavy (non-hydrogen) atoms. The van der Waals surface area contributed by atoms with Crippen LogP contribution in [-0.4, -0.2) is 52.2 Å². The summed E-state index contributed by atoms with van der Waals surface area (Å²) in [5.74, 6) is 3.30. The number of nitrogens with zero attached hydrogens (tertiary/aromatic N) is 3. The molecule has 4 heterocycles. The van der Waals surface area contributed by atoms with Gasteiger partial charge in [-0.05, 0) is 31.2 Å². The zero-order chi connectivity index (χ0) is 19.8. The first-order valence-corrected chi connectivity index (χ1v) is 10.6. The Balaban J connectivity index is 1.59. The molecule has 1 N–H and O–H groups in total. The number of carbonyl (C=O) groups excluding carboxylic acids is 1. The summed E-state index contributed by atoms with van der Waals surface area (Å²) in [5, 5.41) is 4.23. The Hall–Kier alpha value is -3.00. The molecule has 0 atom stereocenters. The summed E-state index contributed by atoms with van der Waals surface area (Å²) in [4.78, 5) is 24.2. The lowest BCUT2D eigenvalue weighted by Gasteiger charge is -2.27. The van der Waals surface area contributed by atoms with Gasteiger partial charge in [-0.1, -0.05) is 0 Å². The summed E-state index contributed by atoms with van der Waals surface area (Å²) < 4.78 is 10.9. The van der Waals surface area contributed by atoms with Gasteiger partial charge < -0.3 is 19.7 Å². The lowest BCUT2D eigenvalue weighted by molar-refractivity contribution is 0.0773. The fourth-order valence-corrected chi connectivity index (χ4v) is 4.43. The van der Waals surface area contributed by atoms with Gasteiger partial charge in [0.25, 0.3) is 5.91 Å². The maximum absolute atomic E-state index is 13.3. The molecular weight excluding hydrogens is 388 g/mol. The summed E-state index contributed by atoms with van der Waals surface area (Å²) in [7, 11) is 0. The third-order valence-corrected chi connectivity index (χ3v) is 5.98. The number of amides is 1. The van der Waals surface area contributed by atoms with Crippen LogP contribution in [-0.2, 0) is 0 Å². The second-order valence-electron chi connectivity index (χ2n) is 6.97. The van der Waals surface area contributed by atoms with E-state index < -0.39 is 0 Å². The number of aromatic nitrogens is 2. The first kappa shape index (κ1) is 18.1. The highest BCUT2D eigenvalue weighted by Crippen LogP contribution is 2.37. The van der Waals surface area contributed by atoms with E-state index in [0.29, 0.717) is 22.6 Å². The topological polar surface area (TPSA) is 76.6 Å². The molecule has 1 saturated heterocycles. The minimum atomic E-state index is -0.0106. The van der Waals surface area contributed by atoms with Gasteiger partial charge in [0.2, 0.25) is 6.79 Å². The lowest BCUT2D eigenvalue weighted by Crippen LogP contribution is -2.38. The van der Waals surface area contributed by atoms with Gasteiger partial charge in [-0.15, -0.1) is 0 Å². The first-order valence-electron chi connectivity index (χ1n) is 9.49. The smallest absolute Gasteiger partial charge is 0.257 e. The molecule has 2 aromatic heterocycles. The number of nitrogens with one attached hydrogen (secondary N) is 1. The monoisotopic (exact) mass is 408 g/mol. The van der Waals surface area contributed by atoms with E-state index in [1.54, 1.807) is 6.20 Å². The molecule has 2 aliphatic rings. The maximum atomic E-state index is 13.3. The molecular formula is C21H20N4O3S. The summed E-state index contributed by atoms with van der Waals surface area (Å²) in [5.41, 5.74) is 3.56. The largest absolute Gasteiger partial charge is 0.454 e. The number of hydrogen-bond donors (Lipinski definition) is 1. The number of benzene rings is 1. The van der Waals surface area contributed by atoms with E-state index >= 15 is 0 Å². The van der Waals surface area contributed by atoms with Crippen LogP contribution >= 0.6 is 11.8 Å². The van der Waals surface area contributed by atoms with Gasteiger partial charge in [0.05, 0.1) is 11.3 Å². The van der Waals surface area contributed by atoms with Crippen molar-refractivity contribution in [2.75, 3.05) is 36.7 Å². The molecule has 0 spiro atoms. The lowest BCUT2D eigenvalue weighted by atomic mass is 10.1. The van der Waals surface area contributed by atoms with Crippen LogP contribution < -0.4 is 14.8 Å². The van der Waals surface area contributed by atoms with Gasteiger partial charge in [0, 0.05) is 53.6 Å². The highest BCUT2D eigenvalue weighted by Gasteiger charge is 2.24. The Morgan fingerprint density at radius 2 is 1.97 bits per heavy atom. The second kappa shape index (κ2) is 7.44. The van der Waals surface area contributed by atoms with Crippen molar-refractivity contribution in [3.63, 3.8) is 0 Å². The van der Waals surface area contributed by atoms with Crippen molar-refractivity contribution in [1.82, 2.24) is 14.9 Å². The Bertz CT molecular complexity index is 1100. The van der Waals surface area contributed by atoms with E-state index in [1.807, 2.05) is 53.9 Å². The van der Waals surface area contributed by atoms with Crippen LogP contribution in [0.3, 0.4) is 0 Å². The van der Waals surface area contributed by atoms with Gasteiger partial charge in [0.1, 0.15) is 0 Å². The molecule has 8 heteroatoms. The Kier molecular flexibility index (Phi) is 4.63. The fraction of sp³-hybridized carbons (Fsp3) is 0.286. The first-order chi connectivity index (χ1) is 14.2. The van der Waals surface area contributed by atoms with E-state index in [0.717, 1.165) is 47.1 Å². The molecule has 0 bridgehead atoms. The fourth-order valence-electron chi connectivity index (χ4n) is 3.52. The predicted molar refractivity (Wildman–Crippen MR) is 113 cm³/mol. The van der Waals surface area contributed by atoms with E-state index in [4.69, 9.17) is 9.47 Å². The van der Waals surface area contributed by atoms with Crippen LogP contribution in [0.5, 0.6) is 11.5 Å². The highest BCUT2D eigenvalue weighted by atomic mass is 32.2. The molecule has 2 aliphatic heterocycles. The van der Waals surface area contributed by atoms with Gasteiger partial charge in [-0.25, -0.2) is 9.97 Å². The number of ether oxygens (including phenoxy) is 2. The number of anilines is 2. The van der Waals surface area contributed by atoms with Crippen LogP contribution in [0.2, 0.25) is 0 Å². The molecule has 5 rings (SSSR count). The summed E-state index contributed by atoms with van der Waals surface area (Å²) in [6.07, 6.45) is 1.63. The van der Waals surface area contributed by atoms with E-state index in [9.17, 15) is 4.79 Å². The van der Waals surface area contributed by atoms with Gasteiger partial charge in [-0.2, -0.15) is 11.8 Å². The van der Waals surface area contributed by atoms with Crippen LogP contribution in [0.1, 0.15) is 16.1 Å². The number of aryl methyl sites for hydroxylation is 1. The Morgan fingerprint density at radius 3 is 2.83 bits per heavy atom. The van der Waals surface area contributed by atoms with Crippen molar-refractivity contribution in [3.8, 4) is 11.5 Å². The number of fused-ring (bicyclic) bond motifs is 2. The number of pyridine rings is 2. The summed E-state index contributed by atoms with van der Waals surface area (Å²) in [6.45, 7) is 3.64. The molecule has 1 amide bonds. The highest BCUT2D eigenvalue weighted by molar-refractivity contribution is 7.99. The van der Waals surface area contributed by atoms with Crippen molar-refractivity contribution >= 4 is 40.1 Å². The average molecular weight is 408 g/mol. The van der Waals surface area contributed by atoms with Crippen molar-refractivity contribution < 1.29 is 14.3 Å². The van der Waals surface area contributed by atoms with Crippen molar-refractivity contribution in [2.45, 2.75) is 6.92 Å². The maximum Gasteiger partial charge on any atom is 0.257 e. The molecule has 0 aliphatic carbocycles. The van der Waals surface area contributed by atoms with E-state index in [2.05, 4.69) is 15.3 Å². The predicted octanol–water partition coefficient (Wildman–Crippen LogP) is 3.60. The Labute approximate surface area is 172 Å². The minimum Gasteiger partial charge on any atom is -0.454 e. The second-order valence-corrected chi connectivity index (χ2v) is 8.19. The summed E-state index contributed by atoms with van der Waals surface area (Å²) >= 11 is 1.87.